The van der Waals surface area contributed by atoms with Gasteiger partial charge in [0.2, 0.25) is 5.91 Å². The summed E-state index contributed by atoms with van der Waals surface area (Å²) in [5.74, 6) is 0.153. The number of aromatic amines is 1. The molecule has 1 aliphatic rings. The minimum Gasteiger partial charge on any atom is -0.390 e. The summed E-state index contributed by atoms with van der Waals surface area (Å²) in [6.45, 7) is 6.96. The maximum atomic E-state index is 12.8. The maximum Gasteiger partial charge on any atom is 0.227 e. The summed E-state index contributed by atoms with van der Waals surface area (Å²) in [6.07, 6.45) is 1.76. The predicted octanol–water partition coefficient (Wildman–Crippen LogP) is 2.41. The fraction of sp³-hybridized carbons (Fsp3) is 0.500. The van der Waals surface area contributed by atoms with Crippen LogP contribution in [0.1, 0.15) is 35.9 Å². The number of aliphatic hydroxyl groups is 1. The molecule has 2 N–H and O–H groups in total. The van der Waals surface area contributed by atoms with E-state index in [4.69, 9.17) is 0 Å². The number of hydrogen-bond acceptors (Lipinski definition) is 3. The Kier molecular flexibility index (Phi) is 4.95. The molecule has 0 aliphatic carbocycles. The van der Waals surface area contributed by atoms with Crippen LogP contribution in [-0.4, -0.2) is 44.8 Å². The minimum atomic E-state index is -0.742. The van der Waals surface area contributed by atoms with Crippen molar-refractivity contribution in [3.63, 3.8) is 0 Å². The van der Waals surface area contributed by atoms with Gasteiger partial charge in [-0.3, -0.25) is 9.89 Å². The molecule has 5 nitrogen and oxygen atoms in total. The SMILES string of the molecule is Cc1n[nH]c(C)c1CC(=O)N1CC[C@@](C)(O)[C@@H](Cc2ccccc2)C1. The van der Waals surface area contributed by atoms with Crippen LogP contribution in [0, 0.1) is 19.8 Å². The standard InChI is InChI=1S/C20H27N3O2/c1-14-18(15(2)22-21-14)12-19(24)23-10-9-20(3,25)17(13-23)11-16-7-5-4-6-8-16/h4-8,17,25H,9-13H2,1-3H3,(H,21,22)/t17-,20+/m0/s1. The van der Waals surface area contributed by atoms with Crippen LogP contribution < -0.4 is 0 Å². The molecule has 2 heterocycles. The number of nitrogens with zero attached hydrogens (tertiary/aromatic N) is 2. The Balaban J connectivity index is 1.70. The molecule has 1 aliphatic heterocycles. The molecule has 0 saturated carbocycles. The van der Waals surface area contributed by atoms with Crippen molar-refractivity contribution < 1.29 is 9.90 Å². The zero-order valence-corrected chi connectivity index (χ0v) is 15.2. The number of rotatable bonds is 4. The average molecular weight is 341 g/mol. The molecule has 1 saturated heterocycles. The van der Waals surface area contributed by atoms with E-state index in [2.05, 4.69) is 22.3 Å². The van der Waals surface area contributed by atoms with Gasteiger partial charge in [0.15, 0.2) is 0 Å². The fourth-order valence-electron chi connectivity index (χ4n) is 3.63. The van der Waals surface area contributed by atoms with Crippen molar-refractivity contribution in [1.82, 2.24) is 15.1 Å². The fourth-order valence-corrected chi connectivity index (χ4v) is 3.63. The first-order valence-electron chi connectivity index (χ1n) is 8.91. The topological polar surface area (TPSA) is 69.2 Å². The Morgan fingerprint density at radius 1 is 1.36 bits per heavy atom. The van der Waals surface area contributed by atoms with Crippen LogP contribution in [0.4, 0.5) is 0 Å². The summed E-state index contributed by atoms with van der Waals surface area (Å²) in [4.78, 5) is 14.7. The maximum absolute atomic E-state index is 12.8. The summed E-state index contributed by atoms with van der Waals surface area (Å²) in [7, 11) is 0. The molecule has 25 heavy (non-hydrogen) atoms. The third kappa shape index (κ3) is 3.93. The van der Waals surface area contributed by atoms with Gasteiger partial charge in [-0.2, -0.15) is 5.10 Å². The monoisotopic (exact) mass is 341 g/mol. The molecule has 1 amide bonds. The first-order valence-corrected chi connectivity index (χ1v) is 8.91. The molecule has 0 bridgehead atoms. The molecule has 3 rings (SSSR count). The van der Waals surface area contributed by atoms with E-state index >= 15 is 0 Å². The van der Waals surface area contributed by atoms with Gasteiger partial charge in [0, 0.05) is 30.3 Å². The first-order chi connectivity index (χ1) is 11.9. The molecule has 1 fully saturated rings. The van der Waals surface area contributed by atoms with Crippen LogP contribution in [0.2, 0.25) is 0 Å². The lowest BCUT2D eigenvalue weighted by Crippen LogP contribution is -2.53. The highest BCUT2D eigenvalue weighted by atomic mass is 16.3. The lowest BCUT2D eigenvalue weighted by atomic mass is 9.78. The van der Waals surface area contributed by atoms with Gasteiger partial charge in [-0.15, -0.1) is 0 Å². The Morgan fingerprint density at radius 3 is 2.72 bits per heavy atom. The van der Waals surface area contributed by atoms with Gasteiger partial charge in [0.25, 0.3) is 0 Å². The van der Waals surface area contributed by atoms with Crippen molar-refractivity contribution >= 4 is 5.91 Å². The van der Waals surface area contributed by atoms with Gasteiger partial charge in [-0.05, 0) is 39.2 Å². The molecule has 1 aromatic heterocycles. The molecule has 5 heteroatoms. The van der Waals surface area contributed by atoms with Crippen LogP contribution in [0.5, 0.6) is 0 Å². The number of H-pyrrole nitrogens is 1. The summed E-state index contributed by atoms with van der Waals surface area (Å²) in [6, 6.07) is 10.2. The number of carbonyl (C=O) groups excluding carboxylic acids is 1. The Morgan fingerprint density at radius 2 is 2.08 bits per heavy atom. The van der Waals surface area contributed by atoms with Crippen molar-refractivity contribution in [3.8, 4) is 0 Å². The highest BCUT2D eigenvalue weighted by Crippen LogP contribution is 2.31. The minimum absolute atomic E-state index is 0.0409. The van der Waals surface area contributed by atoms with E-state index in [1.807, 2.05) is 43.9 Å². The van der Waals surface area contributed by atoms with E-state index in [9.17, 15) is 9.90 Å². The number of benzene rings is 1. The van der Waals surface area contributed by atoms with E-state index < -0.39 is 5.60 Å². The van der Waals surface area contributed by atoms with Crippen molar-refractivity contribution in [2.45, 2.75) is 45.6 Å². The zero-order valence-electron chi connectivity index (χ0n) is 15.2. The molecule has 0 radical (unpaired) electrons. The number of carbonyl (C=O) groups is 1. The van der Waals surface area contributed by atoms with Crippen molar-refractivity contribution in [1.29, 1.82) is 0 Å². The van der Waals surface area contributed by atoms with E-state index in [1.165, 1.54) is 5.56 Å². The second-order valence-corrected chi connectivity index (χ2v) is 7.42. The number of piperidine rings is 1. The highest BCUT2D eigenvalue weighted by Gasteiger charge is 2.39. The van der Waals surface area contributed by atoms with Crippen molar-refractivity contribution in [2.24, 2.45) is 5.92 Å². The first kappa shape index (κ1) is 17.7. The van der Waals surface area contributed by atoms with E-state index in [0.29, 0.717) is 25.9 Å². The molecule has 2 aromatic rings. The van der Waals surface area contributed by atoms with E-state index in [-0.39, 0.29) is 11.8 Å². The van der Waals surface area contributed by atoms with Gasteiger partial charge in [0.05, 0.1) is 17.7 Å². The summed E-state index contributed by atoms with van der Waals surface area (Å²) < 4.78 is 0. The van der Waals surface area contributed by atoms with E-state index in [1.54, 1.807) is 0 Å². The number of likely N-dealkylation sites (tertiary alicyclic amines) is 1. The molecular weight excluding hydrogens is 314 g/mol. The van der Waals surface area contributed by atoms with Gasteiger partial charge in [-0.1, -0.05) is 30.3 Å². The smallest absolute Gasteiger partial charge is 0.227 e. The van der Waals surface area contributed by atoms with Gasteiger partial charge in [-0.25, -0.2) is 0 Å². The largest absolute Gasteiger partial charge is 0.390 e. The van der Waals surface area contributed by atoms with Crippen LogP contribution in [0.25, 0.3) is 0 Å². The van der Waals surface area contributed by atoms with Crippen LogP contribution in [-0.2, 0) is 17.6 Å². The highest BCUT2D eigenvalue weighted by molar-refractivity contribution is 5.79. The lowest BCUT2D eigenvalue weighted by Gasteiger charge is -2.43. The van der Waals surface area contributed by atoms with Crippen LogP contribution in [0.3, 0.4) is 0 Å². The Labute approximate surface area is 149 Å². The summed E-state index contributed by atoms with van der Waals surface area (Å²) in [5.41, 5.74) is 3.28. The number of hydrogen-bond donors (Lipinski definition) is 2. The number of aromatic nitrogens is 2. The van der Waals surface area contributed by atoms with Crippen LogP contribution in [0.15, 0.2) is 30.3 Å². The van der Waals surface area contributed by atoms with Gasteiger partial charge >= 0.3 is 0 Å². The molecule has 2 atom stereocenters. The molecule has 0 spiro atoms. The van der Waals surface area contributed by atoms with Gasteiger partial charge in [0.1, 0.15) is 0 Å². The van der Waals surface area contributed by atoms with E-state index in [0.717, 1.165) is 23.4 Å². The summed E-state index contributed by atoms with van der Waals surface area (Å²) >= 11 is 0. The van der Waals surface area contributed by atoms with Gasteiger partial charge < -0.3 is 10.0 Å². The molecule has 1 aromatic carbocycles. The Hall–Kier alpha value is -2.14. The third-order valence-electron chi connectivity index (χ3n) is 5.49. The zero-order chi connectivity index (χ0) is 18.0. The third-order valence-corrected chi connectivity index (χ3v) is 5.49. The van der Waals surface area contributed by atoms with Crippen LogP contribution >= 0.6 is 0 Å². The second-order valence-electron chi connectivity index (χ2n) is 7.42. The average Bonchev–Trinajstić information content (AvgIpc) is 2.89. The summed E-state index contributed by atoms with van der Waals surface area (Å²) in [5, 5.41) is 17.9. The number of nitrogens with one attached hydrogen (secondary N) is 1. The molecule has 134 valence electrons. The van der Waals surface area contributed by atoms with Crippen molar-refractivity contribution in [3.05, 3.63) is 52.8 Å². The van der Waals surface area contributed by atoms with Crippen molar-refractivity contribution in [2.75, 3.05) is 13.1 Å². The second kappa shape index (κ2) is 7.00. The Bertz CT molecular complexity index is 717. The predicted molar refractivity (Wildman–Crippen MR) is 97.2 cm³/mol. The number of aryl methyl sites for hydroxylation is 2. The quantitative estimate of drug-likeness (QED) is 0.897. The lowest BCUT2D eigenvalue weighted by molar-refractivity contribution is -0.138. The molecular formula is C20H27N3O2. The number of amides is 1. The normalized spacial score (nSPS) is 23.7. The molecule has 0 unspecified atom stereocenters.